The van der Waals surface area contributed by atoms with E-state index in [0.29, 0.717) is 6.42 Å². The molecule has 0 bridgehead atoms. The summed E-state index contributed by atoms with van der Waals surface area (Å²) in [6.45, 7) is 3.07. The van der Waals surface area contributed by atoms with Gasteiger partial charge in [-0.25, -0.2) is 4.39 Å². The van der Waals surface area contributed by atoms with Gasteiger partial charge in [0.25, 0.3) is 0 Å². The molecule has 0 aliphatic rings. The smallest absolute Gasteiger partial charge is 0.142 e. The van der Waals surface area contributed by atoms with E-state index in [4.69, 9.17) is 11.6 Å². The Balaban J connectivity index is 2.21. The van der Waals surface area contributed by atoms with Crippen molar-refractivity contribution in [2.45, 2.75) is 25.8 Å². The molecule has 0 aliphatic carbocycles. The monoisotopic (exact) mass is 423 g/mol. The maximum Gasteiger partial charge on any atom is 0.142 e. The molecule has 0 amide bonds. The van der Waals surface area contributed by atoms with Crippen LogP contribution in [0.25, 0.3) is 0 Å². The molecule has 0 aliphatic heterocycles. The molecular formula is C15H16ClFINS. The summed E-state index contributed by atoms with van der Waals surface area (Å²) >= 11 is 10.1. The summed E-state index contributed by atoms with van der Waals surface area (Å²) < 4.78 is 14.8. The minimum Gasteiger partial charge on any atom is -0.310 e. The van der Waals surface area contributed by atoms with Crippen molar-refractivity contribution in [2.75, 3.05) is 6.54 Å². The van der Waals surface area contributed by atoms with Crippen LogP contribution in [0.4, 0.5) is 4.39 Å². The van der Waals surface area contributed by atoms with Gasteiger partial charge in [-0.05, 0) is 70.6 Å². The molecule has 1 aromatic carbocycles. The second-order valence-electron chi connectivity index (χ2n) is 4.61. The molecule has 0 spiro atoms. The zero-order valence-corrected chi connectivity index (χ0v) is 14.9. The lowest BCUT2D eigenvalue weighted by Crippen LogP contribution is -2.23. The Labute approximate surface area is 141 Å². The molecule has 1 N–H and O–H groups in total. The van der Waals surface area contributed by atoms with E-state index < -0.39 is 0 Å². The molecule has 5 heteroatoms. The van der Waals surface area contributed by atoms with Crippen LogP contribution < -0.4 is 5.32 Å². The van der Waals surface area contributed by atoms with Crippen molar-refractivity contribution in [1.29, 1.82) is 0 Å². The van der Waals surface area contributed by atoms with Crippen LogP contribution in [-0.2, 0) is 6.42 Å². The van der Waals surface area contributed by atoms with Gasteiger partial charge in [0.05, 0.1) is 7.91 Å². The van der Waals surface area contributed by atoms with Crippen LogP contribution in [0.1, 0.15) is 30.5 Å². The average molecular weight is 424 g/mol. The predicted octanol–water partition coefficient (Wildman–Crippen LogP) is 5.43. The van der Waals surface area contributed by atoms with E-state index >= 15 is 0 Å². The lowest BCUT2D eigenvalue weighted by atomic mass is 10.0. The molecule has 1 nitrogen and oxygen atoms in total. The van der Waals surface area contributed by atoms with E-state index in [0.717, 1.165) is 18.5 Å². The van der Waals surface area contributed by atoms with Gasteiger partial charge in [-0.15, -0.1) is 11.3 Å². The van der Waals surface area contributed by atoms with E-state index in [1.165, 1.54) is 14.5 Å². The highest BCUT2D eigenvalue weighted by atomic mass is 127. The number of hydrogen-bond donors (Lipinski definition) is 1. The Morgan fingerprint density at radius 3 is 2.90 bits per heavy atom. The van der Waals surface area contributed by atoms with Crippen molar-refractivity contribution in [3.63, 3.8) is 0 Å². The minimum atomic E-state index is -0.349. The maximum atomic E-state index is 13.5. The standard InChI is InChI=1S/C15H16ClFINS/c1-2-6-19-13(11-8-14(18)20-9-11)7-10-4-3-5-12(17)15(10)16/h3-5,8-9,13,19H,2,6-7H2,1H3. The third-order valence-electron chi connectivity index (χ3n) is 3.09. The van der Waals surface area contributed by atoms with Gasteiger partial charge in [0.1, 0.15) is 5.82 Å². The van der Waals surface area contributed by atoms with Gasteiger partial charge in [0, 0.05) is 6.04 Å². The third-order valence-corrected chi connectivity index (χ3v) is 5.32. The number of hydrogen-bond acceptors (Lipinski definition) is 2. The molecule has 108 valence electrons. The molecule has 2 rings (SSSR count). The summed E-state index contributed by atoms with van der Waals surface area (Å²) in [4.78, 5) is 0. The maximum absolute atomic E-state index is 13.5. The van der Waals surface area contributed by atoms with Crippen molar-refractivity contribution in [3.05, 3.63) is 54.5 Å². The number of halogens is 3. The summed E-state index contributed by atoms with van der Waals surface area (Å²) in [6, 6.07) is 7.35. The minimum absolute atomic E-state index is 0.175. The van der Waals surface area contributed by atoms with Gasteiger partial charge in [-0.2, -0.15) is 0 Å². The topological polar surface area (TPSA) is 12.0 Å². The highest BCUT2D eigenvalue weighted by Gasteiger charge is 2.16. The largest absolute Gasteiger partial charge is 0.310 e. The number of nitrogens with one attached hydrogen (secondary N) is 1. The molecule has 1 aromatic heterocycles. The number of rotatable bonds is 6. The van der Waals surface area contributed by atoms with Crippen LogP contribution >= 0.6 is 45.5 Å². The van der Waals surface area contributed by atoms with Crippen molar-refractivity contribution in [2.24, 2.45) is 0 Å². The van der Waals surface area contributed by atoms with Crippen LogP contribution in [0, 0.1) is 8.70 Å². The van der Waals surface area contributed by atoms with Crippen LogP contribution in [0.3, 0.4) is 0 Å². The Morgan fingerprint density at radius 2 is 2.25 bits per heavy atom. The molecule has 20 heavy (non-hydrogen) atoms. The molecule has 2 aromatic rings. The van der Waals surface area contributed by atoms with E-state index in [-0.39, 0.29) is 16.9 Å². The van der Waals surface area contributed by atoms with Crippen molar-refractivity contribution < 1.29 is 4.39 Å². The van der Waals surface area contributed by atoms with Gasteiger partial charge in [0.2, 0.25) is 0 Å². The van der Waals surface area contributed by atoms with Crippen LogP contribution in [0.2, 0.25) is 5.02 Å². The first-order chi connectivity index (χ1) is 9.61. The molecule has 0 fully saturated rings. The molecule has 0 saturated carbocycles. The first-order valence-corrected chi connectivity index (χ1v) is 8.85. The lowest BCUT2D eigenvalue weighted by molar-refractivity contribution is 0.528. The summed E-state index contributed by atoms with van der Waals surface area (Å²) in [7, 11) is 0. The van der Waals surface area contributed by atoms with E-state index in [9.17, 15) is 4.39 Å². The van der Waals surface area contributed by atoms with Crippen molar-refractivity contribution in [3.8, 4) is 0 Å². The van der Waals surface area contributed by atoms with Crippen LogP contribution in [0.15, 0.2) is 29.6 Å². The van der Waals surface area contributed by atoms with Crippen molar-refractivity contribution in [1.82, 2.24) is 5.32 Å². The van der Waals surface area contributed by atoms with E-state index in [2.05, 4.69) is 46.3 Å². The number of benzene rings is 1. The van der Waals surface area contributed by atoms with Crippen LogP contribution in [0.5, 0.6) is 0 Å². The Morgan fingerprint density at radius 1 is 1.45 bits per heavy atom. The first-order valence-electron chi connectivity index (χ1n) is 6.52. The van der Waals surface area contributed by atoms with Crippen LogP contribution in [-0.4, -0.2) is 6.54 Å². The fourth-order valence-electron chi connectivity index (χ4n) is 2.06. The molecule has 1 heterocycles. The highest BCUT2D eigenvalue weighted by Crippen LogP contribution is 2.28. The molecule has 0 saturated heterocycles. The zero-order chi connectivity index (χ0) is 14.5. The van der Waals surface area contributed by atoms with E-state index in [1.54, 1.807) is 17.4 Å². The summed E-state index contributed by atoms with van der Waals surface area (Å²) in [5, 5.41) is 5.91. The molecule has 1 atom stereocenters. The molecule has 1 unspecified atom stereocenters. The Kier molecular flexibility index (Phi) is 6.26. The second kappa shape index (κ2) is 7.73. The third kappa shape index (κ3) is 4.16. The van der Waals surface area contributed by atoms with E-state index in [1.807, 2.05) is 6.07 Å². The zero-order valence-electron chi connectivity index (χ0n) is 11.1. The summed E-state index contributed by atoms with van der Waals surface area (Å²) in [6.07, 6.45) is 1.76. The fraction of sp³-hybridized carbons (Fsp3) is 0.333. The van der Waals surface area contributed by atoms with Crippen molar-refractivity contribution >= 4 is 45.5 Å². The fourth-order valence-corrected chi connectivity index (χ4v) is 3.69. The van der Waals surface area contributed by atoms with Gasteiger partial charge in [-0.3, -0.25) is 0 Å². The predicted molar refractivity (Wildman–Crippen MR) is 93.2 cm³/mol. The van der Waals surface area contributed by atoms with Gasteiger partial charge >= 0.3 is 0 Å². The quantitative estimate of drug-likeness (QED) is 0.611. The lowest BCUT2D eigenvalue weighted by Gasteiger charge is -2.18. The average Bonchev–Trinajstić information content (AvgIpc) is 2.86. The number of thiophene rings is 1. The second-order valence-corrected chi connectivity index (χ2v) is 7.79. The van der Waals surface area contributed by atoms with Gasteiger partial charge in [0.15, 0.2) is 0 Å². The summed E-state index contributed by atoms with van der Waals surface area (Å²) in [5.74, 6) is -0.349. The SMILES string of the molecule is CCCNC(Cc1cccc(F)c1Cl)c1csc(I)c1. The Hall–Kier alpha value is -0.170. The normalized spacial score (nSPS) is 12.6. The van der Waals surface area contributed by atoms with Gasteiger partial charge < -0.3 is 5.32 Å². The summed E-state index contributed by atoms with van der Waals surface area (Å²) in [5.41, 5.74) is 2.09. The Bertz CT molecular complexity index is 573. The highest BCUT2D eigenvalue weighted by molar-refractivity contribution is 14.1. The van der Waals surface area contributed by atoms with Gasteiger partial charge in [-0.1, -0.05) is 30.7 Å². The first kappa shape index (κ1) is 16.2. The molecular weight excluding hydrogens is 408 g/mol. The molecule has 0 radical (unpaired) electrons.